The minimum atomic E-state index is 0.0585. The van der Waals surface area contributed by atoms with Crippen LogP contribution in [0.25, 0.3) is 0 Å². The molecule has 2 N–H and O–H groups in total. The van der Waals surface area contributed by atoms with Crippen LogP contribution in [0.15, 0.2) is 24.3 Å². The molecule has 3 nitrogen and oxygen atoms in total. The maximum absolute atomic E-state index is 9.34. The molecule has 0 bridgehead atoms. The molecule has 1 saturated carbocycles. The molecule has 0 saturated heterocycles. The van der Waals surface area contributed by atoms with Crippen molar-refractivity contribution in [2.75, 3.05) is 13.2 Å². The number of benzene rings is 1. The molecule has 0 radical (unpaired) electrons. The summed E-state index contributed by atoms with van der Waals surface area (Å²) in [5, 5.41) is 12.8. The van der Waals surface area contributed by atoms with Gasteiger partial charge in [-0.3, -0.25) is 0 Å². The van der Waals surface area contributed by atoms with Gasteiger partial charge in [-0.25, -0.2) is 0 Å². The fourth-order valence-corrected chi connectivity index (χ4v) is 1.75. The summed E-state index contributed by atoms with van der Waals surface area (Å²) in [6, 6.07) is 8.60. The summed E-state index contributed by atoms with van der Waals surface area (Å²) in [7, 11) is 0. The highest BCUT2D eigenvalue weighted by Crippen LogP contribution is 2.25. The second-order valence-corrected chi connectivity index (χ2v) is 4.18. The lowest BCUT2D eigenvalue weighted by atomic mass is 10.1. The number of aliphatic hydroxyl groups excluding tert-OH is 1. The van der Waals surface area contributed by atoms with Crippen molar-refractivity contribution in [2.45, 2.75) is 31.8 Å². The van der Waals surface area contributed by atoms with Gasteiger partial charge in [-0.2, -0.15) is 0 Å². The van der Waals surface area contributed by atoms with Crippen LogP contribution in [0.4, 0.5) is 0 Å². The summed E-state index contributed by atoms with van der Waals surface area (Å²) in [6.45, 7) is 2.80. The van der Waals surface area contributed by atoms with Crippen LogP contribution in [-0.2, 0) is 0 Å². The molecule has 1 aromatic rings. The molecule has 0 aliphatic heterocycles. The molecule has 0 aromatic heterocycles. The molecule has 0 spiro atoms. The zero-order chi connectivity index (χ0) is 11.4. The van der Waals surface area contributed by atoms with Gasteiger partial charge < -0.3 is 15.2 Å². The van der Waals surface area contributed by atoms with E-state index in [0.29, 0.717) is 12.6 Å². The summed E-state index contributed by atoms with van der Waals surface area (Å²) in [5.74, 6) is 0.884. The molecule has 0 heterocycles. The SMILES string of the molecule is CCOc1ccc(C(CO)NC2CC2)cc1. The lowest BCUT2D eigenvalue weighted by Gasteiger charge is -2.16. The van der Waals surface area contributed by atoms with Crippen LogP contribution in [0.5, 0.6) is 5.75 Å². The first kappa shape index (κ1) is 11.4. The predicted molar refractivity (Wildman–Crippen MR) is 63.6 cm³/mol. The lowest BCUT2D eigenvalue weighted by molar-refractivity contribution is 0.243. The van der Waals surface area contributed by atoms with Crippen LogP contribution in [-0.4, -0.2) is 24.4 Å². The monoisotopic (exact) mass is 221 g/mol. The fourth-order valence-electron chi connectivity index (χ4n) is 1.75. The van der Waals surface area contributed by atoms with E-state index in [1.54, 1.807) is 0 Å². The van der Waals surface area contributed by atoms with Gasteiger partial charge in [0.25, 0.3) is 0 Å². The largest absolute Gasteiger partial charge is 0.494 e. The standard InChI is InChI=1S/C13H19NO2/c1-2-16-12-7-3-10(4-8-12)13(9-15)14-11-5-6-11/h3-4,7-8,11,13-15H,2,5-6,9H2,1H3. The van der Waals surface area contributed by atoms with Gasteiger partial charge in [0.05, 0.1) is 19.3 Å². The molecule has 1 aliphatic carbocycles. The molecular formula is C13H19NO2. The van der Waals surface area contributed by atoms with Crippen molar-refractivity contribution in [3.05, 3.63) is 29.8 Å². The van der Waals surface area contributed by atoms with Crippen molar-refractivity contribution in [3.63, 3.8) is 0 Å². The zero-order valence-corrected chi connectivity index (χ0v) is 9.65. The van der Waals surface area contributed by atoms with E-state index in [4.69, 9.17) is 4.74 Å². The van der Waals surface area contributed by atoms with Crippen LogP contribution in [0, 0.1) is 0 Å². The first-order valence-electron chi connectivity index (χ1n) is 5.93. The summed E-state index contributed by atoms with van der Waals surface area (Å²) in [5.41, 5.74) is 1.12. The molecule has 1 aliphatic rings. The van der Waals surface area contributed by atoms with Crippen LogP contribution in [0.2, 0.25) is 0 Å². The van der Waals surface area contributed by atoms with Gasteiger partial charge in [0.2, 0.25) is 0 Å². The average Bonchev–Trinajstić information content (AvgIpc) is 3.11. The van der Waals surface area contributed by atoms with E-state index in [9.17, 15) is 5.11 Å². The number of hydrogen-bond acceptors (Lipinski definition) is 3. The molecule has 1 unspecified atom stereocenters. The minimum absolute atomic E-state index is 0.0585. The van der Waals surface area contributed by atoms with Gasteiger partial charge in [0.15, 0.2) is 0 Å². The molecule has 3 heteroatoms. The average molecular weight is 221 g/mol. The van der Waals surface area contributed by atoms with E-state index in [1.165, 1.54) is 12.8 Å². The maximum Gasteiger partial charge on any atom is 0.119 e. The molecule has 0 amide bonds. The third-order valence-electron chi connectivity index (χ3n) is 2.79. The van der Waals surface area contributed by atoms with E-state index in [0.717, 1.165) is 11.3 Å². The Hall–Kier alpha value is -1.06. The van der Waals surface area contributed by atoms with Crippen LogP contribution >= 0.6 is 0 Å². The van der Waals surface area contributed by atoms with Crippen molar-refractivity contribution < 1.29 is 9.84 Å². The second kappa shape index (κ2) is 5.32. The Kier molecular flexibility index (Phi) is 3.80. The normalized spacial score (nSPS) is 17.1. The summed E-state index contributed by atoms with van der Waals surface area (Å²) in [6.07, 6.45) is 2.46. The van der Waals surface area contributed by atoms with Crippen molar-refractivity contribution in [3.8, 4) is 5.75 Å². The van der Waals surface area contributed by atoms with Gasteiger partial charge in [0, 0.05) is 6.04 Å². The van der Waals surface area contributed by atoms with E-state index in [-0.39, 0.29) is 12.6 Å². The lowest BCUT2D eigenvalue weighted by Crippen LogP contribution is -2.26. The minimum Gasteiger partial charge on any atom is -0.494 e. The molecule has 1 atom stereocenters. The molecular weight excluding hydrogens is 202 g/mol. The number of ether oxygens (including phenoxy) is 1. The number of nitrogens with one attached hydrogen (secondary N) is 1. The van der Waals surface area contributed by atoms with Crippen molar-refractivity contribution in [2.24, 2.45) is 0 Å². The van der Waals surface area contributed by atoms with Gasteiger partial charge in [-0.15, -0.1) is 0 Å². The summed E-state index contributed by atoms with van der Waals surface area (Å²) < 4.78 is 5.38. The van der Waals surface area contributed by atoms with E-state index < -0.39 is 0 Å². The predicted octanol–water partition coefficient (Wildman–Crippen LogP) is 1.87. The Balaban J connectivity index is 1.99. The van der Waals surface area contributed by atoms with Crippen molar-refractivity contribution in [1.29, 1.82) is 0 Å². The number of aliphatic hydroxyl groups is 1. The second-order valence-electron chi connectivity index (χ2n) is 4.18. The molecule has 1 aromatic carbocycles. The Morgan fingerprint density at radius 3 is 2.56 bits per heavy atom. The number of rotatable bonds is 6. The smallest absolute Gasteiger partial charge is 0.119 e. The first-order chi connectivity index (χ1) is 7.83. The van der Waals surface area contributed by atoms with Crippen molar-refractivity contribution >= 4 is 0 Å². The van der Waals surface area contributed by atoms with E-state index in [2.05, 4.69) is 5.32 Å². The highest BCUT2D eigenvalue weighted by molar-refractivity contribution is 5.29. The highest BCUT2D eigenvalue weighted by atomic mass is 16.5. The van der Waals surface area contributed by atoms with E-state index in [1.807, 2.05) is 31.2 Å². The Morgan fingerprint density at radius 1 is 1.38 bits per heavy atom. The van der Waals surface area contributed by atoms with E-state index >= 15 is 0 Å². The molecule has 16 heavy (non-hydrogen) atoms. The Bertz CT molecular complexity index is 319. The molecule has 88 valence electrons. The van der Waals surface area contributed by atoms with Crippen LogP contribution < -0.4 is 10.1 Å². The zero-order valence-electron chi connectivity index (χ0n) is 9.65. The molecule has 2 rings (SSSR count). The quantitative estimate of drug-likeness (QED) is 0.770. The summed E-state index contributed by atoms with van der Waals surface area (Å²) in [4.78, 5) is 0. The van der Waals surface area contributed by atoms with Crippen LogP contribution in [0.3, 0.4) is 0 Å². The topological polar surface area (TPSA) is 41.5 Å². The molecule has 1 fully saturated rings. The van der Waals surface area contributed by atoms with Crippen LogP contribution in [0.1, 0.15) is 31.4 Å². The van der Waals surface area contributed by atoms with Gasteiger partial charge in [0.1, 0.15) is 5.75 Å². The maximum atomic E-state index is 9.34. The third-order valence-corrected chi connectivity index (χ3v) is 2.79. The third kappa shape index (κ3) is 2.97. The highest BCUT2D eigenvalue weighted by Gasteiger charge is 2.24. The van der Waals surface area contributed by atoms with Gasteiger partial charge >= 0.3 is 0 Å². The summed E-state index contributed by atoms with van der Waals surface area (Å²) >= 11 is 0. The van der Waals surface area contributed by atoms with Gasteiger partial charge in [-0.05, 0) is 37.5 Å². The Labute approximate surface area is 96.4 Å². The van der Waals surface area contributed by atoms with Crippen molar-refractivity contribution in [1.82, 2.24) is 5.32 Å². The number of hydrogen-bond donors (Lipinski definition) is 2. The van der Waals surface area contributed by atoms with Gasteiger partial charge in [-0.1, -0.05) is 12.1 Å². The first-order valence-corrected chi connectivity index (χ1v) is 5.93. The fraction of sp³-hybridized carbons (Fsp3) is 0.538. The Morgan fingerprint density at radius 2 is 2.06 bits per heavy atom.